The summed E-state index contributed by atoms with van der Waals surface area (Å²) >= 11 is 6.05. The van der Waals surface area contributed by atoms with Crippen molar-refractivity contribution in [2.45, 2.75) is 37.1 Å². The SMILES string of the molecule is CC(NS(=O)(=O)c1ccc(C#CCO)cc1Cl)C1CCC1. The average molecular weight is 328 g/mol. The minimum absolute atomic E-state index is 0.0601. The molecule has 0 aliphatic heterocycles. The van der Waals surface area contributed by atoms with Gasteiger partial charge in [-0.05, 0) is 43.9 Å². The fourth-order valence-corrected chi connectivity index (χ4v) is 4.14. The van der Waals surface area contributed by atoms with Crippen LogP contribution in [-0.2, 0) is 10.0 Å². The summed E-state index contributed by atoms with van der Waals surface area (Å²) in [5, 5.41) is 8.78. The molecule has 1 aromatic rings. The normalized spacial score (nSPS) is 16.7. The molecule has 0 radical (unpaired) electrons. The van der Waals surface area contributed by atoms with Crippen LogP contribution in [0.1, 0.15) is 31.7 Å². The first kappa shape index (κ1) is 16.3. The van der Waals surface area contributed by atoms with E-state index in [0.29, 0.717) is 11.5 Å². The van der Waals surface area contributed by atoms with Gasteiger partial charge in [-0.25, -0.2) is 13.1 Å². The van der Waals surface area contributed by atoms with Crippen molar-refractivity contribution >= 4 is 21.6 Å². The van der Waals surface area contributed by atoms with Gasteiger partial charge in [-0.15, -0.1) is 0 Å². The fraction of sp³-hybridized carbons (Fsp3) is 0.467. The first-order chi connectivity index (χ1) is 9.94. The number of hydrogen-bond acceptors (Lipinski definition) is 3. The molecule has 0 saturated heterocycles. The van der Waals surface area contributed by atoms with Crippen LogP contribution in [0.2, 0.25) is 5.02 Å². The Kier molecular flexibility index (Phi) is 5.28. The summed E-state index contributed by atoms with van der Waals surface area (Å²) in [4.78, 5) is 0.0601. The molecule has 1 aliphatic carbocycles. The number of hydrogen-bond donors (Lipinski definition) is 2. The molecular weight excluding hydrogens is 310 g/mol. The number of sulfonamides is 1. The van der Waals surface area contributed by atoms with Crippen LogP contribution < -0.4 is 4.72 Å². The average Bonchev–Trinajstić information content (AvgIpc) is 2.33. The summed E-state index contributed by atoms with van der Waals surface area (Å²) < 4.78 is 27.4. The lowest BCUT2D eigenvalue weighted by atomic mass is 9.81. The Morgan fingerprint density at radius 2 is 2.19 bits per heavy atom. The van der Waals surface area contributed by atoms with E-state index in [2.05, 4.69) is 16.6 Å². The highest BCUT2D eigenvalue weighted by Gasteiger charge is 2.28. The Hall–Kier alpha value is -1.06. The summed E-state index contributed by atoms with van der Waals surface area (Å²) in [7, 11) is -3.63. The molecule has 1 saturated carbocycles. The van der Waals surface area contributed by atoms with Crippen LogP contribution >= 0.6 is 11.6 Å². The maximum atomic E-state index is 12.4. The fourth-order valence-electron chi connectivity index (χ4n) is 2.28. The highest BCUT2D eigenvalue weighted by atomic mass is 35.5. The number of nitrogens with one attached hydrogen (secondary N) is 1. The van der Waals surface area contributed by atoms with Crippen molar-refractivity contribution in [1.82, 2.24) is 4.72 Å². The van der Waals surface area contributed by atoms with E-state index in [1.807, 2.05) is 6.92 Å². The number of aliphatic hydroxyl groups excluding tert-OH is 1. The van der Waals surface area contributed by atoms with Gasteiger partial charge in [-0.1, -0.05) is 29.9 Å². The van der Waals surface area contributed by atoms with E-state index in [9.17, 15) is 8.42 Å². The Morgan fingerprint density at radius 1 is 1.48 bits per heavy atom. The van der Waals surface area contributed by atoms with Crippen LogP contribution in [0.4, 0.5) is 0 Å². The van der Waals surface area contributed by atoms with Gasteiger partial charge in [0.2, 0.25) is 10.0 Å². The summed E-state index contributed by atoms with van der Waals surface area (Å²) in [6, 6.07) is 4.43. The maximum Gasteiger partial charge on any atom is 0.242 e. The van der Waals surface area contributed by atoms with Crippen molar-refractivity contribution in [2.75, 3.05) is 6.61 Å². The molecular formula is C15H18ClNO3S. The van der Waals surface area contributed by atoms with E-state index in [4.69, 9.17) is 16.7 Å². The van der Waals surface area contributed by atoms with Crippen LogP contribution in [0.5, 0.6) is 0 Å². The second-order valence-electron chi connectivity index (χ2n) is 5.21. The molecule has 2 rings (SSSR count). The van der Waals surface area contributed by atoms with Crippen molar-refractivity contribution in [3.8, 4) is 11.8 Å². The van der Waals surface area contributed by atoms with Gasteiger partial charge in [0.05, 0.1) is 5.02 Å². The highest BCUT2D eigenvalue weighted by Crippen LogP contribution is 2.31. The molecule has 6 heteroatoms. The standard InChI is InChI=1S/C15H18ClNO3S/c1-11(13-5-2-6-13)17-21(19,20)15-8-7-12(4-3-9-18)10-14(15)16/h7-8,10-11,13,17-18H,2,5-6,9H2,1H3. The number of aliphatic hydroxyl groups is 1. The minimum atomic E-state index is -3.63. The predicted molar refractivity (Wildman–Crippen MR) is 82.5 cm³/mol. The molecule has 0 amide bonds. The molecule has 1 aromatic carbocycles. The summed E-state index contributed by atoms with van der Waals surface area (Å²) in [6.07, 6.45) is 3.29. The van der Waals surface area contributed by atoms with Crippen molar-refractivity contribution in [1.29, 1.82) is 0 Å². The van der Waals surface area contributed by atoms with Crippen LogP contribution in [0.15, 0.2) is 23.1 Å². The Balaban J connectivity index is 2.19. The van der Waals surface area contributed by atoms with E-state index in [0.717, 1.165) is 19.3 Å². The molecule has 1 aliphatic rings. The quantitative estimate of drug-likeness (QED) is 0.833. The smallest absolute Gasteiger partial charge is 0.242 e. The highest BCUT2D eigenvalue weighted by molar-refractivity contribution is 7.89. The summed E-state index contributed by atoms with van der Waals surface area (Å²) in [5.74, 6) is 5.60. The molecule has 21 heavy (non-hydrogen) atoms. The molecule has 0 heterocycles. The van der Waals surface area contributed by atoms with Gasteiger partial charge in [0, 0.05) is 11.6 Å². The van der Waals surface area contributed by atoms with E-state index >= 15 is 0 Å². The number of benzene rings is 1. The number of halogens is 1. The molecule has 0 spiro atoms. The zero-order chi connectivity index (χ0) is 15.5. The Bertz CT molecular complexity index is 672. The van der Waals surface area contributed by atoms with Gasteiger partial charge in [0.1, 0.15) is 11.5 Å². The van der Waals surface area contributed by atoms with Crippen molar-refractivity contribution < 1.29 is 13.5 Å². The molecule has 0 bridgehead atoms. The monoisotopic (exact) mass is 327 g/mol. The zero-order valence-electron chi connectivity index (χ0n) is 11.8. The molecule has 1 unspecified atom stereocenters. The molecule has 114 valence electrons. The molecule has 2 N–H and O–H groups in total. The number of rotatable bonds is 4. The van der Waals surface area contributed by atoms with Crippen molar-refractivity contribution in [3.05, 3.63) is 28.8 Å². The minimum Gasteiger partial charge on any atom is -0.384 e. The second kappa shape index (κ2) is 6.80. The van der Waals surface area contributed by atoms with Gasteiger partial charge in [-0.2, -0.15) is 0 Å². The van der Waals surface area contributed by atoms with Crippen molar-refractivity contribution in [2.24, 2.45) is 5.92 Å². The van der Waals surface area contributed by atoms with Gasteiger partial charge in [0.15, 0.2) is 0 Å². The third-order valence-corrected chi connectivity index (χ3v) is 5.77. The van der Waals surface area contributed by atoms with Crippen LogP contribution in [-0.4, -0.2) is 26.2 Å². The third kappa shape index (κ3) is 3.98. The summed E-state index contributed by atoms with van der Waals surface area (Å²) in [5.41, 5.74) is 0.569. The molecule has 1 fully saturated rings. The lowest BCUT2D eigenvalue weighted by Gasteiger charge is -2.31. The van der Waals surface area contributed by atoms with Crippen LogP contribution in [0.25, 0.3) is 0 Å². The van der Waals surface area contributed by atoms with E-state index in [-0.39, 0.29) is 22.6 Å². The second-order valence-corrected chi connectivity index (χ2v) is 7.30. The van der Waals surface area contributed by atoms with E-state index < -0.39 is 10.0 Å². The first-order valence-electron chi connectivity index (χ1n) is 6.85. The van der Waals surface area contributed by atoms with Crippen molar-refractivity contribution in [3.63, 3.8) is 0 Å². The van der Waals surface area contributed by atoms with Gasteiger partial charge in [0.25, 0.3) is 0 Å². The van der Waals surface area contributed by atoms with Gasteiger partial charge in [-0.3, -0.25) is 0 Å². The zero-order valence-corrected chi connectivity index (χ0v) is 13.3. The van der Waals surface area contributed by atoms with Crippen LogP contribution in [0.3, 0.4) is 0 Å². The lowest BCUT2D eigenvalue weighted by molar-refractivity contribution is 0.260. The van der Waals surface area contributed by atoms with E-state index in [1.165, 1.54) is 12.1 Å². The van der Waals surface area contributed by atoms with Crippen LogP contribution in [0, 0.1) is 17.8 Å². The molecule has 0 aromatic heterocycles. The third-order valence-electron chi connectivity index (χ3n) is 3.73. The maximum absolute atomic E-state index is 12.4. The topological polar surface area (TPSA) is 66.4 Å². The van der Waals surface area contributed by atoms with Gasteiger partial charge < -0.3 is 5.11 Å². The largest absolute Gasteiger partial charge is 0.384 e. The Labute approximate surface area is 130 Å². The summed E-state index contributed by atoms with van der Waals surface area (Å²) in [6.45, 7) is 1.63. The first-order valence-corrected chi connectivity index (χ1v) is 8.72. The van der Waals surface area contributed by atoms with Gasteiger partial charge >= 0.3 is 0 Å². The van der Waals surface area contributed by atoms with E-state index in [1.54, 1.807) is 6.07 Å². The Morgan fingerprint density at radius 3 is 2.71 bits per heavy atom. The molecule has 4 nitrogen and oxygen atoms in total. The predicted octanol–water partition coefficient (Wildman–Crippen LogP) is 2.15. The molecule has 1 atom stereocenters. The lowest BCUT2D eigenvalue weighted by Crippen LogP contribution is -2.40.